The van der Waals surface area contributed by atoms with E-state index in [4.69, 9.17) is 10.7 Å². The molecule has 0 aromatic carbocycles. The molecule has 1 aromatic heterocycles. The molecule has 2 fully saturated rings. The second-order valence-corrected chi connectivity index (χ2v) is 7.47. The molecule has 1 aliphatic carbocycles. The lowest BCUT2D eigenvalue weighted by Gasteiger charge is -2.37. The molecule has 0 radical (unpaired) electrons. The van der Waals surface area contributed by atoms with E-state index in [0.29, 0.717) is 17.9 Å². The van der Waals surface area contributed by atoms with Crippen LogP contribution in [0.15, 0.2) is 6.07 Å². The van der Waals surface area contributed by atoms with Crippen molar-refractivity contribution < 1.29 is 9.59 Å². The van der Waals surface area contributed by atoms with Crippen LogP contribution >= 0.6 is 0 Å². The van der Waals surface area contributed by atoms with Crippen LogP contribution in [0.5, 0.6) is 0 Å². The molecule has 0 saturated carbocycles. The molecule has 2 N–H and O–H groups in total. The van der Waals surface area contributed by atoms with Crippen LogP contribution in [0.3, 0.4) is 0 Å². The van der Waals surface area contributed by atoms with E-state index < -0.39 is 5.91 Å². The standard InChI is InChI=1S/C18H24N4O2/c1-21-8-3-6-18(17(21)24)7-9-22(11-18)16-13(15(19)23)10-12-4-2-5-14(12)20-16/h10H,2-9,11H2,1H3,(H2,19,23)/t18-/m0/s1. The molecule has 6 heteroatoms. The van der Waals surface area contributed by atoms with Gasteiger partial charge in [-0.15, -0.1) is 0 Å². The Labute approximate surface area is 142 Å². The Balaban J connectivity index is 1.68. The molecule has 24 heavy (non-hydrogen) atoms. The second-order valence-electron chi connectivity index (χ2n) is 7.47. The predicted octanol–water partition coefficient (Wildman–Crippen LogP) is 1.12. The number of nitrogens with zero attached hydrogens (tertiary/aromatic N) is 3. The normalized spacial score (nSPS) is 26.3. The van der Waals surface area contributed by atoms with E-state index in [1.807, 2.05) is 18.0 Å². The highest BCUT2D eigenvalue weighted by atomic mass is 16.2. The summed E-state index contributed by atoms with van der Waals surface area (Å²) in [5, 5.41) is 0. The number of pyridine rings is 1. The number of carbonyl (C=O) groups excluding carboxylic acids is 2. The number of aromatic nitrogens is 1. The molecule has 1 aromatic rings. The zero-order valence-electron chi connectivity index (χ0n) is 14.2. The highest BCUT2D eigenvalue weighted by molar-refractivity contribution is 5.98. The quantitative estimate of drug-likeness (QED) is 0.882. The first-order valence-corrected chi connectivity index (χ1v) is 8.83. The maximum atomic E-state index is 12.7. The lowest BCUT2D eigenvalue weighted by Crippen LogP contribution is -2.48. The summed E-state index contributed by atoms with van der Waals surface area (Å²) in [6.45, 7) is 2.23. The molecule has 2 aliphatic heterocycles. The van der Waals surface area contributed by atoms with E-state index in [2.05, 4.69) is 4.90 Å². The first-order valence-electron chi connectivity index (χ1n) is 8.83. The van der Waals surface area contributed by atoms with Gasteiger partial charge >= 0.3 is 0 Å². The number of hydrogen-bond acceptors (Lipinski definition) is 4. The summed E-state index contributed by atoms with van der Waals surface area (Å²) >= 11 is 0. The van der Waals surface area contributed by atoms with Crippen LogP contribution in [0.1, 0.15) is 47.3 Å². The number of aryl methyl sites for hydroxylation is 2. The number of primary amides is 1. The third kappa shape index (κ3) is 2.27. The van der Waals surface area contributed by atoms with Gasteiger partial charge in [-0.3, -0.25) is 9.59 Å². The van der Waals surface area contributed by atoms with Gasteiger partial charge in [0.2, 0.25) is 5.91 Å². The molecule has 6 nitrogen and oxygen atoms in total. The summed E-state index contributed by atoms with van der Waals surface area (Å²) in [4.78, 5) is 33.4. The SMILES string of the molecule is CN1CCC[C@@]2(CCN(c3nc4c(cc3C(N)=O)CCC4)C2)C1=O. The summed E-state index contributed by atoms with van der Waals surface area (Å²) in [7, 11) is 1.88. The molecule has 4 rings (SSSR count). The average molecular weight is 328 g/mol. The Kier molecular flexibility index (Phi) is 3.51. The smallest absolute Gasteiger partial charge is 0.252 e. The number of fused-ring (bicyclic) bond motifs is 1. The first-order chi connectivity index (χ1) is 11.5. The highest BCUT2D eigenvalue weighted by Crippen LogP contribution is 2.42. The van der Waals surface area contributed by atoms with Gasteiger partial charge in [0, 0.05) is 32.4 Å². The number of anilines is 1. The molecular weight excluding hydrogens is 304 g/mol. The van der Waals surface area contributed by atoms with Gasteiger partial charge in [-0.2, -0.15) is 0 Å². The molecule has 2 saturated heterocycles. The van der Waals surface area contributed by atoms with E-state index in [1.54, 1.807) is 0 Å². The fraction of sp³-hybridized carbons (Fsp3) is 0.611. The Bertz CT molecular complexity index is 717. The van der Waals surface area contributed by atoms with Crippen molar-refractivity contribution in [3.8, 4) is 0 Å². The van der Waals surface area contributed by atoms with Crippen LogP contribution < -0.4 is 10.6 Å². The minimum Gasteiger partial charge on any atom is -0.365 e. The van der Waals surface area contributed by atoms with Crippen LogP contribution in [0.25, 0.3) is 0 Å². The van der Waals surface area contributed by atoms with Crippen molar-refractivity contribution in [2.24, 2.45) is 11.1 Å². The molecule has 3 aliphatic rings. The van der Waals surface area contributed by atoms with Crippen molar-refractivity contribution >= 4 is 17.6 Å². The highest BCUT2D eigenvalue weighted by Gasteiger charge is 2.48. The topological polar surface area (TPSA) is 79.5 Å². The van der Waals surface area contributed by atoms with Crippen LogP contribution in [-0.4, -0.2) is 48.4 Å². The summed E-state index contributed by atoms with van der Waals surface area (Å²) in [5.74, 6) is 0.485. The van der Waals surface area contributed by atoms with E-state index in [1.165, 1.54) is 0 Å². The van der Waals surface area contributed by atoms with Crippen LogP contribution in [-0.2, 0) is 17.6 Å². The minimum atomic E-state index is -0.430. The molecule has 1 atom stereocenters. The van der Waals surface area contributed by atoms with Crippen LogP contribution in [0.4, 0.5) is 5.82 Å². The van der Waals surface area contributed by atoms with Crippen molar-refractivity contribution in [1.82, 2.24) is 9.88 Å². The fourth-order valence-electron chi connectivity index (χ4n) is 4.58. The monoisotopic (exact) mass is 328 g/mol. The zero-order chi connectivity index (χ0) is 16.9. The summed E-state index contributed by atoms with van der Waals surface area (Å²) < 4.78 is 0. The fourth-order valence-corrected chi connectivity index (χ4v) is 4.58. The lowest BCUT2D eigenvalue weighted by molar-refractivity contribution is -0.143. The maximum Gasteiger partial charge on any atom is 0.252 e. The van der Waals surface area contributed by atoms with E-state index in [9.17, 15) is 9.59 Å². The van der Waals surface area contributed by atoms with Gasteiger partial charge in [-0.25, -0.2) is 4.98 Å². The molecule has 3 heterocycles. The number of likely N-dealkylation sites (tertiary alicyclic amines) is 1. The maximum absolute atomic E-state index is 12.7. The molecule has 1 spiro atoms. The summed E-state index contributed by atoms with van der Waals surface area (Å²) in [6.07, 6.45) is 5.79. The number of nitrogens with two attached hydrogens (primary N) is 1. The number of hydrogen-bond donors (Lipinski definition) is 1. The van der Waals surface area contributed by atoms with Gasteiger partial charge < -0.3 is 15.5 Å². The van der Waals surface area contributed by atoms with Gasteiger partial charge in [0.15, 0.2) is 0 Å². The van der Waals surface area contributed by atoms with Crippen molar-refractivity contribution in [2.45, 2.75) is 38.5 Å². The molecule has 2 amide bonds. The van der Waals surface area contributed by atoms with Gasteiger partial charge in [-0.05, 0) is 50.2 Å². The van der Waals surface area contributed by atoms with E-state index in [-0.39, 0.29) is 11.3 Å². The summed E-state index contributed by atoms with van der Waals surface area (Å²) in [5.41, 5.74) is 8.04. The Morgan fingerprint density at radius 3 is 2.88 bits per heavy atom. The first kappa shape index (κ1) is 15.4. The van der Waals surface area contributed by atoms with Crippen LogP contribution in [0.2, 0.25) is 0 Å². The third-order valence-electron chi connectivity index (χ3n) is 5.90. The van der Waals surface area contributed by atoms with Gasteiger partial charge in [-0.1, -0.05) is 0 Å². The van der Waals surface area contributed by atoms with E-state index in [0.717, 1.165) is 62.9 Å². The number of amides is 2. The number of carbonyl (C=O) groups is 2. The number of rotatable bonds is 2. The average Bonchev–Trinajstić information content (AvgIpc) is 3.18. The minimum absolute atomic E-state index is 0.234. The number of piperidine rings is 1. The lowest BCUT2D eigenvalue weighted by atomic mass is 9.78. The Hall–Kier alpha value is -2.11. The molecule has 0 unspecified atom stereocenters. The van der Waals surface area contributed by atoms with Crippen molar-refractivity contribution in [2.75, 3.05) is 31.6 Å². The van der Waals surface area contributed by atoms with Crippen molar-refractivity contribution in [3.05, 3.63) is 22.9 Å². The van der Waals surface area contributed by atoms with Gasteiger partial charge in [0.25, 0.3) is 5.91 Å². The zero-order valence-corrected chi connectivity index (χ0v) is 14.2. The van der Waals surface area contributed by atoms with Crippen LogP contribution in [0, 0.1) is 5.41 Å². The van der Waals surface area contributed by atoms with Gasteiger partial charge in [0.05, 0.1) is 11.0 Å². The largest absolute Gasteiger partial charge is 0.365 e. The molecule has 128 valence electrons. The van der Waals surface area contributed by atoms with Gasteiger partial charge in [0.1, 0.15) is 5.82 Å². The van der Waals surface area contributed by atoms with Crippen molar-refractivity contribution in [3.63, 3.8) is 0 Å². The molecule has 0 bridgehead atoms. The Morgan fingerprint density at radius 1 is 1.25 bits per heavy atom. The summed E-state index contributed by atoms with van der Waals surface area (Å²) in [6, 6.07) is 1.92. The third-order valence-corrected chi connectivity index (χ3v) is 5.90. The predicted molar refractivity (Wildman–Crippen MR) is 90.9 cm³/mol. The Morgan fingerprint density at radius 2 is 2.08 bits per heavy atom. The van der Waals surface area contributed by atoms with Crippen molar-refractivity contribution in [1.29, 1.82) is 0 Å². The van der Waals surface area contributed by atoms with E-state index >= 15 is 0 Å². The molecular formula is C18H24N4O2. The second kappa shape index (κ2) is 5.46.